The van der Waals surface area contributed by atoms with Gasteiger partial charge in [0.05, 0.1) is 11.9 Å². The molecule has 0 saturated carbocycles. The van der Waals surface area contributed by atoms with Crippen molar-refractivity contribution in [1.29, 1.82) is 0 Å². The molecule has 0 saturated heterocycles. The van der Waals surface area contributed by atoms with Crippen molar-refractivity contribution in [2.24, 2.45) is 0 Å². The Kier molecular flexibility index (Phi) is 5.54. The van der Waals surface area contributed by atoms with Crippen LogP contribution in [0.15, 0.2) is 17.1 Å². The van der Waals surface area contributed by atoms with Gasteiger partial charge in [0.2, 0.25) is 0 Å². The molecular weight excluding hydrogens is 240 g/mol. The summed E-state index contributed by atoms with van der Waals surface area (Å²) in [4.78, 5) is 13.7. The Balaban J connectivity index is 2.40. The zero-order valence-corrected chi connectivity index (χ0v) is 12.7. The maximum Gasteiger partial charge on any atom is 0.268 e. The Hall–Kier alpha value is -1.36. The van der Waals surface area contributed by atoms with Crippen molar-refractivity contribution in [1.82, 2.24) is 15.1 Å². The van der Waals surface area contributed by atoms with E-state index in [1.165, 1.54) is 4.68 Å². The summed E-state index contributed by atoms with van der Waals surface area (Å²) < 4.78 is 1.53. The predicted octanol–water partition coefficient (Wildman–Crippen LogP) is 1.48. The summed E-state index contributed by atoms with van der Waals surface area (Å²) in [5.74, 6) is 0. The number of anilines is 1. The van der Waals surface area contributed by atoms with Crippen molar-refractivity contribution in [2.45, 2.75) is 45.7 Å². The second kappa shape index (κ2) is 6.70. The van der Waals surface area contributed by atoms with Crippen LogP contribution in [0.4, 0.5) is 5.69 Å². The van der Waals surface area contributed by atoms with Gasteiger partial charge in [-0.15, -0.1) is 0 Å². The Labute approximate surface area is 115 Å². The molecule has 0 aliphatic rings. The molecule has 0 amide bonds. The van der Waals surface area contributed by atoms with Gasteiger partial charge in [-0.3, -0.25) is 4.79 Å². The molecule has 0 radical (unpaired) electrons. The number of nitrogens with one attached hydrogen (secondary N) is 1. The number of hydrogen-bond donors (Lipinski definition) is 1. The maximum atomic E-state index is 11.8. The zero-order valence-electron chi connectivity index (χ0n) is 12.7. The summed E-state index contributed by atoms with van der Waals surface area (Å²) in [5.41, 5.74) is 0.966. The second-order valence-electron chi connectivity index (χ2n) is 6.05. The molecule has 5 nitrogen and oxygen atoms in total. The number of unbranched alkanes of at least 4 members (excludes halogenated alkanes) is 1. The first-order chi connectivity index (χ1) is 8.79. The molecule has 5 heteroatoms. The van der Waals surface area contributed by atoms with Crippen molar-refractivity contribution >= 4 is 5.69 Å². The van der Waals surface area contributed by atoms with Crippen LogP contribution in [0.2, 0.25) is 0 Å². The molecule has 0 unspecified atom stereocenters. The first-order valence-corrected chi connectivity index (χ1v) is 6.79. The summed E-state index contributed by atoms with van der Waals surface area (Å²) in [6.07, 6.45) is 3.73. The fourth-order valence-electron chi connectivity index (χ4n) is 1.69. The molecule has 1 heterocycles. The molecule has 1 N–H and O–H groups in total. The van der Waals surface area contributed by atoms with E-state index in [1.807, 2.05) is 19.0 Å². The third kappa shape index (κ3) is 5.87. The van der Waals surface area contributed by atoms with Crippen LogP contribution in [0.25, 0.3) is 0 Å². The topological polar surface area (TPSA) is 50.2 Å². The van der Waals surface area contributed by atoms with Crippen molar-refractivity contribution in [3.05, 3.63) is 22.6 Å². The van der Waals surface area contributed by atoms with E-state index in [-0.39, 0.29) is 11.1 Å². The van der Waals surface area contributed by atoms with E-state index in [0.29, 0.717) is 6.54 Å². The third-order valence-electron chi connectivity index (χ3n) is 2.82. The van der Waals surface area contributed by atoms with E-state index in [9.17, 15) is 4.79 Å². The molecule has 0 fully saturated rings. The lowest BCUT2D eigenvalue weighted by Crippen LogP contribution is -2.36. The highest BCUT2D eigenvalue weighted by Gasteiger charge is 2.07. The lowest BCUT2D eigenvalue weighted by Gasteiger charge is -2.20. The van der Waals surface area contributed by atoms with Gasteiger partial charge < -0.3 is 10.2 Å². The quantitative estimate of drug-likeness (QED) is 0.792. The smallest absolute Gasteiger partial charge is 0.268 e. The van der Waals surface area contributed by atoms with E-state index in [1.54, 1.807) is 12.3 Å². The van der Waals surface area contributed by atoms with E-state index in [2.05, 4.69) is 31.2 Å². The van der Waals surface area contributed by atoms with Crippen molar-refractivity contribution in [3.63, 3.8) is 0 Å². The van der Waals surface area contributed by atoms with Crippen molar-refractivity contribution in [2.75, 3.05) is 25.5 Å². The molecule has 108 valence electrons. The average molecular weight is 266 g/mol. The van der Waals surface area contributed by atoms with Gasteiger partial charge in [-0.25, -0.2) is 4.68 Å². The van der Waals surface area contributed by atoms with Crippen LogP contribution in [-0.4, -0.2) is 36.0 Å². The van der Waals surface area contributed by atoms with Gasteiger partial charge in [0.15, 0.2) is 0 Å². The highest BCUT2D eigenvalue weighted by Crippen LogP contribution is 2.04. The minimum Gasteiger partial charge on any atom is -0.376 e. The standard InChI is InChI=1S/C14H26N4O/c1-14(2,3)15-8-6-7-9-18-13(19)10-12(11-16-18)17(4)5/h10-11,15H,6-9H2,1-5H3. The van der Waals surface area contributed by atoms with Gasteiger partial charge >= 0.3 is 0 Å². The number of hydrogen-bond acceptors (Lipinski definition) is 4. The first kappa shape index (κ1) is 15.7. The Morgan fingerprint density at radius 3 is 2.53 bits per heavy atom. The van der Waals surface area contributed by atoms with Gasteiger partial charge in [0.25, 0.3) is 5.56 Å². The second-order valence-corrected chi connectivity index (χ2v) is 6.05. The van der Waals surface area contributed by atoms with Gasteiger partial charge in [-0.05, 0) is 40.2 Å². The van der Waals surface area contributed by atoms with Crippen molar-refractivity contribution in [3.8, 4) is 0 Å². The summed E-state index contributed by atoms with van der Waals surface area (Å²) in [6, 6.07) is 1.63. The van der Waals surface area contributed by atoms with Gasteiger partial charge in [0.1, 0.15) is 0 Å². The largest absolute Gasteiger partial charge is 0.376 e. The van der Waals surface area contributed by atoms with Crippen LogP contribution in [0.1, 0.15) is 33.6 Å². The van der Waals surface area contributed by atoms with E-state index >= 15 is 0 Å². The van der Waals surface area contributed by atoms with Gasteiger partial charge in [-0.2, -0.15) is 5.10 Å². The molecule has 0 spiro atoms. The Morgan fingerprint density at radius 2 is 2.00 bits per heavy atom. The Morgan fingerprint density at radius 1 is 1.32 bits per heavy atom. The lowest BCUT2D eigenvalue weighted by molar-refractivity contribution is 0.410. The zero-order chi connectivity index (χ0) is 14.5. The van der Waals surface area contributed by atoms with Crippen LogP contribution in [0.3, 0.4) is 0 Å². The highest BCUT2D eigenvalue weighted by molar-refractivity contribution is 5.40. The minimum atomic E-state index is -0.0324. The molecule has 0 bridgehead atoms. The van der Waals surface area contributed by atoms with E-state index in [0.717, 1.165) is 25.1 Å². The monoisotopic (exact) mass is 266 g/mol. The average Bonchev–Trinajstić information content (AvgIpc) is 2.28. The van der Waals surface area contributed by atoms with E-state index in [4.69, 9.17) is 0 Å². The molecule has 1 aromatic heterocycles. The number of aromatic nitrogens is 2. The van der Waals surface area contributed by atoms with Crippen LogP contribution in [0.5, 0.6) is 0 Å². The lowest BCUT2D eigenvalue weighted by atomic mass is 10.1. The maximum absolute atomic E-state index is 11.8. The summed E-state index contributed by atoms with van der Waals surface area (Å²) in [5, 5.41) is 7.62. The SMILES string of the molecule is CN(C)c1cnn(CCCCNC(C)(C)C)c(=O)c1. The first-order valence-electron chi connectivity index (χ1n) is 6.79. The predicted molar refractivity (Wildman–Crippen MR) is 79.8 cm³/mol. The van der Waals surface area contributed by atoms with Crippen LogP contribution in [-0.2, 0) is 6.54 Å². The third-order valence-corrected chi connectivity index (χ3v) is 2.82. The summed E-state index contributed by atoms with van der Waals surface area (Å²) >= 11 is 0. The molecule has 19 heavy (non-hydrogen) atoms. The van der Waals surface area contributed by atoms with Crippen LogP contribution >= 0.6 is 0 Å². The molecule has 0 aliphatic heterocycles. The molecular formula is C14H26N4O. The minimum absolute atomic E-state index is 0.0324. The van der Waals surface area contributed by atoms with Gasteiger partial charge in [-0.1, -0.05) is 0 Å². The van der Waals surface area contributed by atoms with Crippen LogP contribution < -0.4 is 15.8 Å². The molecule has 0 atom stereocenters. The van der Waals surface area contributed by atoms with Gasteiger partial charge in [0, 0.05) is 32.2 Å². The molecule has 0 aromatic carbocycles. The number of rotatable bonds is 6. The molecule has 1 rings (SSSR count). The summed E-state index contributed by atoms with van der Waals surface area (Å²) in [6.45, 7) is 8.10. The normalized spacial score (nSPS) is 11.6. The molecule has 0 aliphatic carbocycles. The van der Waals surface area contributed by atoms with E-state index < -0.39 is 0 Å². The Bertz CT molecular complexity index is 445. The fourth-order valence-corrected chi connectivity index (χ4v) is 1.69. The number of nitrogens with zero attached hydrogens (tertiary/aromatic N) is 3. The van der Waals surface area contributed by atoms with Crippen molar-refractivity contribution < 1.29 is 0 Å². The fraction of sp³-hybridized carbons (Fsp3) is 0.714. The highest BCUT2D eigenvalue weighted by atomic mass is 16.1. The summed E-state index contributed by atoms with van der Waals surface area (Å²) in [7, 11) is 3.80. The molecule has 1 aromatic rings. The van der Waals surface area contributed by atoms with Crippen LogP contribution in [0, 0.1) is 0 Å². The number of aryl methyl sites for hydroxylation is 1.